The number of rotatable bonds is 10. The van der Waals surface area contributed by atoms with E-state index in [9.17, 15) is 9.59 Å². The molecule has 2 amide bonds. The predicted octanol–water partition coefficient (Wildman–Crippen LogP) is 2.05. The van der Waals surface area contributed by atoms with E-state index in [0.717, 1.165) is 11.1 Å². The van der Waals surface area contributed by atoms with Gasteiger partial charge in [-0.3, -0.25) is 0 Å². The highest BCUT2D eigenvalue weighted by Crippen LogP contribution is 2.26. The van der Waals surface area contributed by atoms with Crippen LogP contribution in [0.15, 0.2) is 24.3 Å². The van der Waals surface area contributed by atoms with Crippen molar-refractivity contribution in [2.75, 3.05) is 40.4 Å². The molecule has 0 saturated heterocycles. The zero-order valence-corrected chi connectivity index (χ0v) is 17.8. The zero-order chi connectivity index (χ0) is 21.2. The van der Waals surface area contributed by atoms with E-state index in [-0.39, 0.29) is 0 Å². The standard InChI is InChI=1S/C20H34N4O4/c1-19(2,23-17(25)27-12-10-21-5)15-8-7-9-16(14-15)20(3,4)24-18(26)28-13-11-22-6/h7-9,14,21-22H,10-13H2,1-6H3,(H,23,25)(H,24,26). The third kappa shape index (κ3) is 7.74. The summed E-state index contributed by atoms with van der Waals surface area (Å²) in [5.41, 5.74) is 0.509. The van der Waals surface area contributed by atoms with Gasteiger partial charge in [0.15, 0.2) is 0 Å². The first-order valence-corrected chi connectivity index (χ1v) is 9.42. The predicted molar refractivity (Wildman–Crippen MR) is 109 cm³/mol. The van der Waals surface area contributed by atoms with E-state index >= 15 is 0 Å². The molecule has 4 N–H and O–H groups in total. The SMILES string of the molecule is CNCCOC(=O)NC(C)(C)c1cccc(C(C)(C)NC(=O)OCCNC)c1. The minimum Gasteiger partial charge on any atom is -0.448 e. The summed E-state index contributed by atoms with van der Waals surface area (Å²) in [6.07, 6.45) is -0.952. The van der Waals surface area contributed by atoms with Gasteiger partial charge in [0.2, 0.25) is 0 Å². The molecule has 8 nitrogen and oxygen atoms in total. The number of carbonyl (C=O) groups is 2. The molecule has 0 aliphatic heterocycles. The second-order valence-electron chi connectivity index (χ2n) is 7.56. The molecule has 0 heterocycles. The summed E-state index contributed by atoms with van der Waals surface area (Å²) in [7, 11) is 3.59. The lowest BCUT2D eigenvalue weighted by Gasteiger charge is -2.30. The van der Waals surface area contributed by atoms with E-state index in [2.05, 4.69) is 21.3 Å². The number of alkyl carbamates (subject to hydrolysis) is 2. The Balaban J connectivity index is 2.82. The van der Waals surface area contributed by atoms with E-state index < -0.39 is 23.3 Å². The monoisotopic (exact) mass is 394 g/mol. The Kier molecular flexibility index (Phi) is 9.21. The minimum atomic E-state index is -0.643. The molecular weight excluding hydrogens is 360 g/mol. The number of ether oxygens (including phenoxy) is 2. The molecule has 1 aromatic carbocycles. The lowest BCUT2D eigenvalue weighted by Crippen LogP contribution is -2.43. The fourth-order valence-corrected chi connectivity index (χ4v) is 2.52. The highest BCUT2D eigenvalue weighted by Gasteiger charge is 2.28. The van der Waals surface area contributed by atoms with E-state index in [4.69, 9.17) is 9.47 Å². The number of carbonyl (C=O) groups excluding carboxylic acids is 2. The second kappa shape index (κ2) is 10.9. The van der Waals surface area contributed by atoms with Gasteiger partial charge in [0.05, 0.1) is 11.1 Å². The van der Waals surface area contributed by atoms with Gasteiger partial charge < -0.3 is 30.7 Å². The van der Waals surface area contributed by atoms with Gasteiger partial charge in [0, 0.05) is 13.1 Å². The molecular formula is C20H34N4O4. The molecule has 1 aromatic rings. The molecule has 0 aliphatic rings. The Morgan fingerprint density at radius 2 is 1.21 bits per heavy atom. The van der Waals surface area contributed by atoms with Gasteiger partial charge in [-0.05, 0) is 52.9 Å². The van der Waals surface area contributed by atoms with Crippen LogP contribution in [0.1, 0.15) is 38.8 Å². The number of likely N-dealkylation sites (N-methyl/N-ethyl adjacent to an activating group) is 2. The Morgan fingerprint density at radius 1 is 0.821 bits per heavy atom. The second-order valence-corrected chi connectivity index (χ2v) is 7.56. The van der Waals surface area contributed by atoms with E-state index in [0.29, 0.717) is 26.3 Å². The van der Waals surface area contributed by atoms with Crippen molar-refractivity contribution in [1.82, 2.24) is 21.3 Å². The molecule has 0 saturated carbocycles. The molecule has 0 aliphatic carbocycles. The lowest BCUT2D eigenvalue weighted by atomic mass is 9.87. The van der Waals surface area contributed by atoms with Crippen LogP contribution in [0, 0.1) is 0 Å². The van der Waals surface area contributed by atoms with E-state index in [1.165, 1.54) is 0 Å². The first kappa shape index (κ1) is 23.7. The van der Waals surface area contributed by atoms with Crippen LogP contribution in [-0.4, -0.2) is 52.6 Å². The number of hydrogen-bond acceptors (Lipinski definition) is 6. The van der Waals surface area contributed by atoms with Gasteiger partial charge in [-0.2, -0.15) is 0 Å². The summed E-state index contributed by atoms with van der Waals surface area (Å²) in [5.74, 6) is 0. The van der Waals surface area contributed by atoms with Gasteiger partial charge in [-0.15, -0.1) is 0 Å². The third-order valence-corrected chi connectivity index (χ3v) is 4.31. The molecule has 0 radical (unpaired) electrons. The quantitative estimate of drug-likeness (QED) is 0.453. The van der Waals surface area contributed by atoms with Crippen molar-refractivity contribution >= 4 is 12.2 Å². The van der Waals surface area contributed by atoms with Crippen molar-refractivity contribution in [1.29, 1.82) is 0 Å². The molecule has 0 aromatic heterocycles. The van der Waals surface area contributed by atoms with Gasteiger partial charge >= 0.3 is 12.2 Å². The van der Waals surface area contributed by atoms with Crippen molar-refractivity contribution in [2.24, 2.45) is 0 Å². The number of nitrogens with one attached hydrogen (secondary N) is 4. The molecule has 0 bridgehead atoms. The third-order valence-electron chi connectivity index (χ3n) is 4.31. The van der Waals surface area contributed by atoms with Crippen LogP contribution >= 0.6 is 0 Å². The Labute approximate surface area is 167 Å². The number of hydrogen-bond donors (Lipinski definition) is 4. The first-order chi connectivity index (χ1) is 13.1. The molecule has 0 atom stereocenters. The summed E-state index contributed by atoms with van der Waals surface area (Å²) in [6.45, 7) is 9.38. The van der Waals surface area contributed by atoms with Crippen molar-refractivity contribution in [3.05, 3.63) is 35.4 Å². The Bertz CT molecular complexity index is 596. The summed E-state index contributed by atoms with van der Waals surface area (Å²) in [4.78, 5) is 24.0. The maximum absolute atomic E-state index is 12.0. The molecule has 0 unspecified atom stereocenters. The smallest absolute Gasteiger partial charge is 0.407 e. The maximum Gasteiger partial charge on any atom is 0.407 e. The fraction of sp³-hybridized carbons (Fsp3) is 0.600. The van der Waals surface area contributed by atoms with Crippen LogP contribution in [0.4, 0.5) is 9.59 Å². The van der Waals surface area contributed by atoms with Crippen LogP contribution in [0.2, 0.25) is 0 Å². The van der Waals surface area contributed by atoms with Crippen LogP contribution in [0.3, 0.4) is 0 Å². The summed E-state index contributed by atoms with van der Waals surface area (Å²) in [5, 5.41) is 11.6. The highest BCUT2D eigenvalue weighted by atomic mass is 16.6. The van der Waals surface area contributed by atoms with Crippen LogP contribution in [-0.2, 0) is 20.6 Å². The van der Waals surface area contributed by atoms with Gasteiger partial charge in [-0.1, -0.05) is 24.3 Å². The molecule has 0 fully saturated rings. The average Bonchev–Trinajstić information content (AvgIpc) is 2.61. The minimum absolute atomic E-state index is 0.297. The summed E-state index contributed by atoms with van der Waals surface area (Å²) < 4.78 is 10.3. The molecule has 1 rings (SSSR count). The van der Waals surface area contributed by atoms with Crippen LogP contribution in [0.25, 0.3) is 0 Å². The lowest BCUT2D eigenvalue weighted by molar-refractivity contribution is 0.136. The average molecular weight is 395 g/mol. The largest absolute Gasteiger partial charge is 0.448 e. The van der Waals surface area contributed by atoms with Gasteiger partial charge in [0.25, 0.3) is 0 Å². The topological polar surface area (TPSA) is 101 Å². The van der Waals surface area contributed by atoms with Crippen molar-refractivity contribution < 1.29 is 19.1 Å². The van der Waals surface area contributed by atoms with Crippen LogP contribution < -0.4 is 21.3 Å². The van der Waals surface area contributed by atoms with Crippen molar-refractivity contribution in [2.45, 2.75) is 38.8 Å². The van der Waals surface area contributed by atoms with Gasteiger partial charge in [-0.25, -0.2) is 9.59 Å². The molecule has 0 spiro atoms. The normalized spacial score (nSPS) is 11.6. The fourth-order valence-electron chi connectivity index (χ4n) is 2.52. The first-order valence-electron chi connectivity index (χ1n) is 9.42. The van der Waals surface area contributed by atoms with Crippen molar-refractivity contribution in [3.63, 3.8) is 0 Å². The number of benzene rings is 1. The number of amides is 2. The maximum atomic E-state index is 12.0. The zero-order valence-electron chi connectivity index (χ0n) is 17.8. The summed E-state index contributed by atoms with van der Waals surface area (Å²) >= 11 is 0. The molecule has 158 valence electrons. The summed E-state index contributed by atoms with van der Waals surface area (Å²) in [6, 6.07) is 7.72. The van der Waals surface area contributed by atoms with Crippen molar-refractivity contribution in [3.8, 4) is 0 Å². The molecule has 8 heteroatoms. The Morgan fingerprint density at radius 3 is 1.57 bits per heavy atom. The van der Waals surface area contributed by atoms with Gasteiger partial charge in [0.1, 0.15) is 13.2 Å². The van der Waals surface area contributed by atoms with Crippen LogP contribution in [0.5, 0.6) is 0 Å². The van der Waals surface area contributed by atoms with E-state index in [1.807, 2.05) is 52.0 Å². The molecule has 28 heavy (non-hydrogen) atoms. The van der Waals surface area contributed by atoms with E-state index in [1.54, 1.807) is 14.1 Å². The highest BCUT2D eigenvalue weighted by molar-refractivity contribution is 5.69. The Hall–Kier alpha value is -2.32.